The molecule has 0 fully saturated rings. The summed E-state index contributed by atoms with van der Waals surface area (Å²) in [7, 11) is 0. The molecule has 0 saturated heterocycles. The number of benzene rings is 2. The normalized spacial score (nSPS) is 11.2. The molecule has 3 nitrogen and oxygen atoms in total. The van der Waals surface area contributed by atoms with Crippen molar-refractivity contribution < 1.29 is 20.1 Å². The molecule has 5 aromatic rings. The Kier molecular flexibility index (Phi) is 4.33. The van der Waals surface area contributed by atoms with E-state index in [0.29, 0.717) is 0 Å². The van der Waals surface area contributed by atoms with Crippen molar-refractivity contribution in [2.75, 3.05) is 0 Å². The van der Waals surface area contributed by atoms with Gasteiger partial charge in [0.2, 0.25) is 0 Å². The number of aryl methyl sites for hydroxylation is 3. The molecule has 3 aromatic heterocycles. The predicted octanol–water partition coefficient (Wildman–Crippen LogP) is 5.63. The van der Waals surface area contributed by atoms with Crippen molar-refractivity contribution in [3.05, 3.63) is 77.6 Å². The van der Waals surface area contributed by atoms with E-state index in [1.54, 1.807) is 0 Å². The molecule has 0 atom stereocenters. The van der Waals surface area contributed by atoms with Gasteiger partial charge >= 0.3 is 0 Å². The van der Waals surface area contributed by atoms with E-state index in [1.807, 2.05) is 18.5 Å². The molecule has 0 aliphatic carbocycles. The second kappa shape index (κ2) is 6.56. The number of imidazole rings is 1. The zero-order chi connectivity index (χ0) is 17.8. The maximum atomic E-state index is 4.78. The Morgan fingerprint density at radius 1 is 0.815 bits per heavy atom. The van der Waals surface area contributed by atoms with E-state index in [2.05, 4.69) is 72.6 Å². The molecule has 2 aromatic carbocycles. The van der Waals surface area contributed by atoms with Crippen LogP contribution in [0.15, 0.2) is 60.9 Å². The molecular formula is C23H19IrN3. The first kappa shape index (κ1) is 17.8. The summed E-state index contributed by atoms with van der Waals surface area (Å²) in [6.07, 6.45) is 3.83. The Balaban J connectivity index is 0.00000180. The maximum Gasteiger partial charge on any atom is 0.164 e. The van der Waals surface area contributed by atoms with Crippen LogP contribution >= 0.6 is 0 Å². The van der Waals surface area contributed by atoms with Crippen molar-refractivity contribution in [2.24, 2.45) is 0 Å². The van der Waals surface area contributed by atoms with Crippen molar-refractivity contribution in [3.8, 4) is 11.3 Å². The summed E-state index contributed by atoms with van der Waals surface area (Å²) >= 11 is 0. The van der Waals surface area contributed by atoms with Crippen molar-refractivity contribution in [2.45, 2.75) is 20.8 Å². The van der Waals surface area contributed by atoms with Crippen molar-refractivity contribution >= 4 is 27.5 Å². The molecule has 0 spiro atoms. The summed E-state index contributed by atoms with van der Waals surface area (Å²) in [5.41, 5.74) is 9.16. The second-order valence-corrected chi connectivity index (χ2v) is 6.99. The van der Waals surface area contributed by atoms with Crippen LogP contribution in [0.3, 0.4) is 0 Å². The molecule has 0 unspecified atom stereocenters. The number of rotatable bonds is 1. The number of fused-ring (bicyclic) bond motifs is 6. The van der Waals surface area contributed by atoms with E-state index >= 15 is 0 Å². The number of hydrogen-bond donors (Lipinski definition) is 0. The van der Waals surface area contributed by atoms with E-state index in [9.17, 15) is 0 Å². The number of hydrogen-bond acceptors (Lipinski definition) is 2. The van der Waals surface area contributed by atoms with Gasteiger partial charge in [0.25, 0.3) is 0 Å². The Morgan fingerprint density at radius 2 is 1.59 bits per heavy atom. The fraction of sp³-hybridized carbons (Fsp3) is 0.130. The molecule has 0 bridgehead atoms. The van der Waals surface area contributed by atoms with Gasteiger partial charge in [0.1, 0.15) is 5.52 Å². The van der Waals surface area contributed by atoms with Crippen LogP contribution in [0.5, 0.6) is 0 Å². The van der Waals surface area contributed by atoms with Gasteiger partial charge in [0, 0.05) is 42.6 Å². The van der Waals surface area contributed by atoms with Gasteiger partial charge in [0.05, 0.1) is 17.4 Å². The topological polar surface area (TPSA) is 30.2 Å². The van der Waals surface area contributed by atoms with E-state index in [0.717, 1.165) is 22.2 Å². The molecule has 0 aliphatic heterocycles. The molecule has 135 valence electrons. The number of nitrogens with zero attached hydrogens (tertiary/aromatic N) is 3. The molecule has 3 heterocycles. The molecule has 0 aliphatic rings. The molecule has 1 radical (unpaired) electrons. The summed E-state index contributed by atoms with van der Waals surface area (Å²) in [5.74, 6) is 0. The quantitative estimate of drug-likeness (QED) is 0.264. The summed E-state index contributed by atoms with van der Waals surface area (Å²) < 4.78 is 2.26. The van der Waals surface area contributed by atoms with Gasteiger partial charge in [-0.1, -0.05) is 35.9 Å². The van der Waals surface area contributed by atoms with Crippen molar-refractivity contribution in [1.82, 2.24) is 14.4 Å². The molecule has 5 rings (SSSR count). The maximum absolute atomic E-state index is 4.78. The molecule has 4 heteroatoms. The molecule has 0 N–H and O–H groups in total. The molecule has 27 heavy (non-hydrogen) atoms. The fourth-order valence-electron chi connectivity index (χ4n) is 4.02. The van der Waals surface area contributed by atoms with Gasteiger partial charge in [-0.2, -0.15) is 0 Å². The zero-order valence-electron chi connectivity index (χ0n) is 15.4. The van der Waals surface area contributed by atoms with E-state index in [-0.39, 0.29) is 20.1 Å². The zero-order valence-corrected chi connectivity index (χ0v) is 17.8. The average Bonchev–Trinajstić information content (AvgIpc) is 3.07. The van der Waals surface area contributed by atoms with Gasteiger partial charge in [-0.15, -0.1) is 0 Å². The smallest absolute Gasteiger partial charge is 0.164 e. The third kappa shape index (κ3) is 2.60. The van der Waals surface area contributed by atoms with Gasteiger partial charge in [-0.05, 0) is 50.1 Å². The molecular weight excluding hydrogens is 510 g/mol. The average molecular weight is 530 g/mol. The summed E-state index contributed by atoms with van der Waals surface area (Å²) in [5, 5.41) is 2.36. The third-order valence-electron chi connectivity index (χ3n) is 5.20. The van der Waals surface area contributed by atoms with Crippen LogP contribution in [0.4, 0.5) is 0 Å². The largest absolute Gasteiger partial charge is 0.290 e. The Labute approximate surface area is 171 Å². The minimum atomic E-state index is 0. The molecule has 0 amide bonds. The van der Waals surface area contributed by atoms with Crippen molar-refractivity contribution in [3.63, 3.8) is 0 Å². The first-order chi connectivity index (χ1) is 12.6. The number of aromatic nitrogens is 3. The Morgan fingerprint density at radius 3 is 2.37 bits per heavy atom. The van der Waals surface area contributed by atoms with E-state index in [1.165, 1.54) is 33.2 Å². The predicted molar refractivity (Wildman–Crippen MR) is 108 cm³/mol. The van der Waals surface area contributed by atoms with Gasteiger partial charge in [-0.25, -0.2) is 4.98 Å². The Hall–Kier alpha value is -2.55. The van der Waals surface area contributed by atoms with E-state index in [4.69, 9.17) is 4.98 Å². The summed E-state index contributed by atoms with van der Waals surface area (Å²) in [4.78, 5) is 9.44. The first-order valence-corrected chi connectivity index (χ1v) is 8.86. The fourth-order valence-corrected chi connectivity index (χ4v) is 4.02. The van der Waals surface area contributed by atoms with Crippen LogP contribution in [-0.2, 0) is 20.1 Å². The standard InChI is InChI=1S/C23H19N3.Ir/c1-14-9-10-19-18(12-14)17-8-5-11-24-22(17)23-25-13-20(26(19)23)21-15(2)6-4-7-16(21)3;/h4-13H,1-3H3;. The van der Waals surface area contributed by atoms with Crippen LogP contribution in [-0.4, -0.2) is 14.4 Å². The molecule has 0 saturated carbocycles. The first-order valence-electron chi connectivity index (χ1n) is 8.86. The minimum absolute atomic E-state index is 0. The van der Waals surface area contributed by atoms with Crippen LogP contribution in [0.25, 0.3) is 38.7 Å². The van der Waals surface area contributed by atoms with Gasteiger partial charge in [0.15, 0.2) is 5.65 Å². The van der Waals surface area contributed by atoms with Crippen molar-refractivity contribution in [1.29, 1.82) is 0 Å². The van der Waals surface area contributed by atoms with Crippen LogP contribution in [0.2, 0.25) is 0 Å². The van der Waals surface area contributed by atoms with Crippen LogP contribution < -0.4 is 0 Å². The second-order valence-electron chi connectivity index (χ2n) is 6.99. The summed E-state index contributed by atoms with van der Waals surface area (Å²) in [6.45, 7) is 6.45. The third-order valence-corrected chi connectivity index (χ3v) is 5.20. The monoisotopic (exact) mass is 530 g/mol. The van der Waals surface area contributed by atoms with Gasteiger partial charge in [-0.3, -0.25) is 9.38 Å². The van der Waals surface area contributed by atoms with Gasteiger partial charge < -0.3 is 0 Å². The Bertz CT molecular complexity index is 1300. The van der Waals surface area contributed by atoms with E-state index < -0.39 is 0 Å². The van der Waals surface area contributed by atoms with Crippen LogP contribution in [0.1, 0.15) is 16.7 Å². The van der Waals surface area contributed by atoms with Crippen LogP contribution in [0, 0.1) is 20.8 Å². The summed E-state index contributed by atoms with van der Waals surface area (Å²) in [6, 6.07) is 17.2. The SMILES string of the molecule is Cc1ccc2c(c1)c1cccnc1c1ncc(-c3c(C)cccc3C)n21.[Ir]. The number of pyridine rings is 2. The minimum Gasteiger partial charge on any atom is -0.290 e.